The molecule has 1 atom stereocenters. The molecular weight excluding hydrogens is 526 g/mol. The third kappa shape index (κ3) is 6.59. The number of ether oxygens (including phenoxy) is 1. The Morgan fingerprint density at radius 2 is 1.93 bits per heavy atom. The molecule has 40 heavy (non-hydrogen) atoms. The van der Waals surface area contributed by atoms with Gasteiger partial charge in [0.05, 0.1) is 7.11 Å². The second-order valence-electron chi connectivity index (χ2n) is 10.3. The average molecular weight is 564 g/mol. The number of carboxylic acids is 1. The molecule has 0 spiro atoms. The summed E-state index contributed by atoms with van der Waals surface area (Å²) in [5.41, 5.74) is 3.41. The Hall–Kier alpha value is -3.57. The van der Waals surface area contributed by atoms with Crippen molar-refractivity contribution in [3.8, 4) is 5.75 Å². The molecule has 0 radical (unpaired) electrons. The predicted molar refractivity (Wildman–Crippen MR) is 159 cm³/mol. The topological polar surface area (TPSA) is 125 Å². The SMILES string of the molecule is COc1ccc(SN[C@@H](CNc2nc(C)nc(N3CCC(c4ccc5c(n4)NCCC5)CC3)c2C)C(=O)O)cc1. The Bertz CT molecular complexity index is 1330. The van der Waals surface area contributed by atoms with Gasteiger partial charge in [-0.2, -0.15) is 0 Å². The van der Waals surface area contributed by atoms with Crippen molar-refractivity contribution < 1.29 is 14.6 Å². The number of carboxylic acid groups (broad SMARTS) is 1. The maximum absolute atomic E-state index is 11.9. The number of pyridine rings is 1. The van der Waals surface area contributed by atoms with E-state index in [1.807, 2.05) is 38.1 Å². The van der Waals surface area contributed by atoms with Crippen LogP contribution in [0.2, 0.25) is 0 Å². The molecule has 1 fully saturated rings. The molecule has 10 nitrogen and oxygen atoms in total. The second-order valence-corrected chi connectivity index (χ2v) is 11.2. The third-order valence-corrected chi connectivity index (χ3v) is 8.42. The van der Waals surface area contributed by atoms with E-state index in [2.05, 4.69) is 37.4 Å². The standard InChI is InChI=1S/C29H37N7O3S/c1-18-26(31-17-25(29(37)38)35-40-23-9-7-22(39-3)8-10-23)32-19(2)33-28(18)36-15-12-20(13-16-36)24-11-6-21-5-4-14-30-27(21)34-24/h6-11,20,25,35H,4-5,12-17H2,1-3H3,(H,30,34)(H,37,38)(H,31,32,33)/t25-/m0/s1. The van der Waals surface area contributed by atoms with Crippen molar-refractivity contribution in [3.05, 3.63) is 59.0 Å². The van der Waals surface area contributed by atoms with Gasteiger partial charge in [-0.05, 0) is 87.4 Å². The molecule has 4 heterocycles. The van der Waals surface area contributed by atoms with Gasteiger partial charge in [0.2, 0.25) is 0 Å². The number of nitrogens with zero attached hydrogens (tertiary/aromatic N) is 4. The fourth-order valence-electron chi connectivity index (χ4n) is 5.21. The third-order valence-electron chi connectivity index (χ3n) is 7.51. The smallest absolute Gasteiger partial charge is 0.323 e. The van der Waals surface area contributed by atoms with E-state index in [4.69, 9.17) is 14.7 Å². The normalized spacial score (nSPS) is 16.1. The summed E-state index contributed by atoms with van der Waals surface area (Å²) in [5.74, 6) is 3.52. The van der Waals surface area contributed by atoms with Gasteiger partial charge in [-0.3, -0.25) is 4.79 Å². The number of piperidine rings is 1. The Balaban J connectivity index is 1.20. The van der Waals surface area contributed by atoms with Crippen molar-refractivity contribution in [1.82, 2.24) is 19.7 Å². The monoisotopic (exact) mass is 563 g/mol. The number of aryl methyl sites for hydroxylation is 2. The van der Waals surface area contributed by atoms with E-state index >= 15 is 0 Å². The Morgan fingerprint density at radius 3 is 2.65 bits per heavy atom. The highest BCUT2D eigenvalue weighted by atomic mass is 32.2. The number of benzene rings is 1. The molecule has 3 aromatic rings. The fraction of sp³-hybridized carbons (Fsp3) is 0.448. The highest BCUT2D eigenvalue weighted by Crippen LogP contribution is 2.33. The molecule has 0 amide bonds. The first-order valence-electron chi connectivity index (χ1n) is 13.8. The summed E-state index contributed by atoms with van der Waals surface area (Å²) in [7, 11) is 1.61. The summed E-state index contributed by atoms with van der Waals surface area (Å²) in [5, 5.41) is 16.5. The highest BCUT2D eigenvalue weighted by Gasteiger charge is 2.26. The Kier molecular flexibility index (Phi) is 8.91. The van der Waals surface area contributed by atoms with Gasteiger partial charge in [-0.1, -0.05) is 6.07 Å². The van der Waals surface area contributed by atoms with Crippen LogP contribution in [0, 0.1) is 13.8 Å². The van der Waals surface area contributed by atoms with Crippen LogP contribution in [0.5, 0.6) is 5.75 Å². The minimum absolute atomic E-state index is 0.176. The lowest BCUT2D eigenvalue weighted by atomic mass is 9.92. The lowest BCUT2D eigenvalue weighted by Crippen LogP contribution is -2.39. The quantitative estimate of drug-likeness (QED) is 0.262. The molecule has 2 aromatic heterocycles. The second kappa shape index (κ2) is 12.7. The van der Waals surface area contributed by atoms with Crippen LogP contribution in [0.1, 0.15) is 47.8 Å². The van der Waals surface area contributed by atoms with E-state index in [1.165, 1.54) is 23.2 Å². The van der Waals surface area contributed by atoms with E-state index in [-0.39, 0.29) is 6.54 Å². The zero-order chi connectivity index (χ0) is 28.1. The van der Waals surface area contributed by atoms with Gasteiger partial charge in [0.15, 0.2) is 0 Å². The first kappa shape index (κ1) is 28.0. The number of anilines is 3. The molecule has 1 aromatic carbocycles. The fourth-order valence-corrected chi connectivity index (χ4v) is 5.95. The number of nitrogens with one attached hydrogen (secondary N) is 3. The molecule has 0 aliphatic carbocycles. The van der Waals surface area contributed by atoms with Crippen LogP contribution >= 0.6 is 11.9 Å². The number of aromatic nitrogens is 3. The minimum atomic E-state index is -0.940. The van der Waals surface area contributed by atoms with Crippen LogP contribution in [-0.4, -0.2) is 65.4 Å². The molecule has 2 aliphatic rings. The number of aliphatic carboxylic acids is 1. The van der Waals surface area contributed by atoms with Crippen molar-refractivity contribution in [2.75, 3.05) is 48.8 Å². The van der Waals surface area contributed by atoms with Crippen LogP contribution in [0.4, 0.5) is 17.5 Å². The zero-order valence-corrected chi connectivity index (χ0v) is 24.1. The number of hydrogen-bond acceptors (Lipinski definition) is 10. The van der Waals surface area contributed by atoms with Crippen LogP contribution in [-0.2, 0) is 11.2 Å². The molecule has 11 heteroatoms. The van der Waals surface area contributed by atoms with Crippen LogP contribution in [0.3, 0.4) is 0 Å². The average Bonchev–Trinajstić information content (AvgIpc) is 2.98. The number of hydrogen-bond donors (Lipinski definition) is 4. The summed E-state index contributed by atoms with van der Waals surface area (Å²) < 4.78 is 8.23. The number of carbonyl (C=O) groups is 1. The first-order valence-corrected chi connectivity index (χ1v) is 14.6. The Morgan fingerprint density at radius 1 is 1.15 bits per heavy atom. The number of fused-ring (bicyclic) bond motifs is 1. The molecule has 0 unspecified atom stereocenters. The van der Waals surface area contributed by atoms with Crippen molar-refractivity contribution in [2.45, 2.75) is 56.4 Å². The summed E-state index contributed by atoms with van der Waals surface area (Å²) in [6, 6.07) is 11.1. The summed E-state index contributed by atoms with van der Waals surface area (Å²) >= 11 is 1.27. The lowest BCUT2D eigenvalue weighted by molar-refractivity contribution is -0.138. The van der Waals surface area contributed by atoms with Crippen molar-refractivity contribution in [1.29, 1.82) is 0 Å². The van der Waals surface area contributed by atoms with Gasteiger partial charge in [0.1, 0.15) is 35.1 Å². The van der Waals surface area contributed by atoms with Gasteiger partial charge >= 0.3 is 5.97 Å². The largest absolute Gasteiger partial charge is 0.497 e. The molecule has 5 rings (SSSR count). The number of rotatable bonds is 10. The summed E-state index contributed by atoms with van der Waals surface area (Å²) in [6.45, 7) is 6.80. The molecule has 0 bridgehead atoms. The summed E-state index contributed by atoms with van der Waals surface area (Å²) in [4.78, 5) is 29.5. The van der Waals surface area contributed by atoms with E-state index in [0.29, 0.717) is 17.6 Å². The highest BCUT2D eigenvalue weighted by molar-refractivity contribution is 7.97. The Labute approximate surface area is 239 Å². The lowest BCUT2D eigenvalue weighted by Gasteiger charge is -2.34. The van der Waals surface area contributed by atoms with E-state index in [9.17, 15) is 9.90 Å². The van der Waals surface area contributed by atoms with Gasteiger partial charge in [0, 0.05) is 48.2 Å². The molecule has 2 aliphatic heterocycles. The predicted octanol–water partition coefficient (Wildman–Crippen LogP) is 4.40. The maximum Gasteiger partial charge on any atom is 0.323 e. The van der Waals surface area contributed by atoms with Gasteiger partial charge in [-0.25, -0.2) is 19.7 Å². The first-order chi connectivity index (χ1) is 19.4. The van der Waals surface area contributed by atoms with Crippen LogP contribution in [0.15, 0.2) is 41.3 Å². The zero-order valence-electron chi connectivity index (χ0n) is 23.2. The van der Waals surface area contributed by atoms with Crippen molar-refractivity contribution in [2.24, 2.45) is 0 Å². The minimum Gasteiger partial charge on any atom is -0.497 e. The van der Waals surface area contributed by atoms with Gasteiger partial charge < -0.3 is 25.4 Å². The van der Waals surface area contributed by atoms with E-state index < -0.39 is 12.0 Å². The molecule has 1 saturated heterocycles. The van der Waals surface area contributed by atoms with Crippen molar-refractivity contribution in [3.63, 3.8) is 0 Å². The molecule has 4 N–H and O–H groups in total. The summed E-state index contributed by atoms with van der Waals surface area (Å²) in [6.07, 6.45) is 4.27. The van der Waals surface area contributed by atoms with Gasteiger partial charge in [-0.15, -0.1) is 0 Å². The van der Waals surface area contributed by atoms with E-state index in [1.54, 1.807) is 7.11 Å². The van der Waals surface area contributed by atoms with Gasteiger partial charge in [0.25, 0.3) is 0 Å². The molecule has 0 saturated carbocycles. The molecule has 212 valence electrons. The molecular formula is C29H37N7O3S. The number of methoxy groups -OCH3 is 1. The van der Waals surface area contributed by atoms with Crippen molar-refractivity contribution >= 4 is 35.4 Å². The van der Waals surface area contributed by atoms with Crippen LogP contribution in [0.25, 0.3) is 0 Å². The maximum atomic E-state index is 11.9. The van der Waals surface area contributed by atoms with Crippen LogP contribution < -0.4 is 25.0 Å². The van der Waals surface area contributed by atoms with E-state index in [0.717, 1.165) is 73.2 Å².